The topological polar surface area (TPSA) is 82.8 Å². The largest absolute Gasteiger partial charge is 0.439 e. The van der Waals surface area contributed by atoms with Gasteiger partial charge in [-0.25, -0.2) is 4.98 Å². The summed E-state index contributed by atoms with van der Waals surface area (Å²) in [5.41, 5.74) is 6.06. The maximum atomic E-state index is 5.42. The molecule has 74 valence electrons. The number of nitrogens with two attached hydrogens (primary N) is 1. The second kappa shape index (κ2) is 3.59. The summed E-state index contributed by atoms with van der Waals surface area (Å²) in [7, 11) is 1.80. The van der Waals surface area contributed by atoms with Crippen LogP contribution in [0.4, 0.5) is 0 Å². The molecule has 0 fully saturated rings. The molecule has 2 aromatic rings. The molecule has 2 N–H and O–H groups in total. The van der Waals surface area contributed by atoms with Crippen molar-refractivity contribution in [3.63, 3.8) is 0 Å². The van der Waals surface area contributed by atoms with E-state index >= 15 is 0 Å². The van der Waals surface area contributed by atoms with Gasteiger partial charge in [0.05, 0.1) is 12.4 Å². The Kier molecular flexibility index (Phi) is 2.28. The van der Waals surface area contributed by atoms with E-state index in [0.29, 0.717) is 30.3 Å². The molecule has 0 amide bonds. The summed E-state index contributed by atoms with van der Waals surface area (Å²) in [5, 5.41) is 7.71. The second-order valence-electron chi connectivity index (χ2n) is 2.93. The fourth-order valence-electron chi connectivity index (χ4n) is 1.13. The van der Waals surface area contributed by atoms with Crippen LogP contribution in [-0.4, -0.2) is 26.5 Å². The molecule has 0 unspecified atom stereocenters. The van der Waals surface area contributed by atoms with Crippen LogP contribution in [0.15, 0.2) is 16.8 Å². The Morgan fingerprint density at radius 3 is 3.07 bits per heavy atom. The van der Waals surface area contributed by atoms with Crippen LogP contribution in [0.25, 0.3) is 11.5 Å². The van der Waals surface area contributed by atoms with Crippen molar-refractivity contribution in [1.29, 1.82) is 0 Å². The molecule has 0 aliphatic heterocycles. The highest BCUT2D eigenvalue weighted by molar-refractivity contribution is 5.48. The minimum Gasteiger partial charge on any atom is -0.439 e. The van der Waals surface area contributed by atoms with Gasteiger partial charge in [0, 0.05) is 20.0 Å². The zero-order chi connectivity index (χ0) is 9.97. The van der Waals surface area contributed by atoms with E-state index in [1.165, 1.54) is 0 Å². The maximum Gasteiger partial charge on any atom is 0.196 e. The first kappa shape index (κ1) is 8.89. The molecule has 0 spiro atoms. The van der Waals surface area contributed by atoms with Gasteiger partial charge >= 0.3 is 0 Å². The number of nitrogens with zero attached hydrogens (tertiary/aromatic N) is 4. The van der Waals surface area contributed by atoms with E-state index in [9.17, 15) is 0 Å². The third-order valence-corrected chi connectivity index (χ3v) is 1.77. The van der Waals surface area contributed by atoms with Crippen molar-refractivity contribution in [2.24, 2.45) is 12.8 Å². The van der Waals surface area contributed by atoms with Crippen molar-refractivity contribution in [2.75, 3.05) is 6.54 Å². The highest BCUT2D eigenvalue weighted by Gasteiger charge is 2.08. The highest BCUT2D eigenvalue weighted by Crippen LogP contribution is 2.16. The molecule has 2 heterocycles. The standard InChI is InChI=1S/C8H11N5O/c1-13-5-6(11-12-13)7-4-10-8(14-7)2-3-9/h4-5H,2-3,9H2,1H3. The van der Waals surface area contributed by atoms with E-state index in [0.717, 1.165) is 0 Å². The van der Waals surface area contributed by atoms with E-state index in [1.807, 2.05) is 0 Å². The first-order valence-electron chi connectivity index (χ1n) is 4.31. The van der Waals surface area contributed by atoms with E-state index in [4.69, 9.17) is 10.2 Å². The van der Waals surface area contributed by atoms with Crippen molar-refractivity contribution in [3.8, 4) is 11.5 Å². The van der Waals surface area contributed by atoms with Gasteiger partial charge < -0.3 is 10.2 Å². The zero-order valence-corrected chi connectivity index (χ0v) is 7.84. The van der Waals surface area contributed by atoms with Crippen LogP contribution in [0, 0.1) is 0 Å². The van der Waals surface area contributed by atoms with Crippen LogP contribution in [-0.2, 0) is 13.5 Å². The minimum atomic E-state index is 0.528. The summed E-state index contributed by atoms with van der Waals surface area (Å²) >= 11 is 0. The number of aromatic nitrogens is 4. The lowest BCUT2D eigenvalue weighted by Gasteiger charge is -1.88. The van der Waals surface area contributed by atoms with Gasteiger partial charge in [-0.15, -0.1) is 5.10 Å². The van der Waals surface area contributed by atoms with Gasteiger partial charge in [-0.3, -0.25) is 4.68 Å². The van der Waals surface area contributed by atoms with Crippen LogP contribution < -0.4 is 5.73 Å². The molecule has 6 nitrogen and oxygen atoms in total. The average molecular weight is 193 g/mol. The van der Waals surface area contributed by atoms with Crippen molar-refractivity contribution >= 4 is 0 Å². The molecule has 0 radical (unpaired) electrons. The Morgan fingerprint density at radius 1 is 1.57 bits per heavy atom. The summed E-state index contributed by atoms with van der Waals surface area (Å²) in [5.74, 6) is 1.26. The smallest absolute Gasteiger partial charge is 0.196 e. The number of oxazole rings is 1. The molecule has 6 heteroatoms. The molecule has 0 saturated heterocycles. The molecule has 0 aliphatic rings. The first-order chi connectivity index (χ1) is 6.79. The summed E-state index contributed by atoms with van der Waals surface area (Å²) in [4.78, 5) is 4.07. The number of aryl methyl sites for hydroxylation is 1. The van der Waals surface area contributed by atoms with Crippen LogP contribution in [0.1, 0.15) is 5.89 Å². The number of rotatable bonds is 3. The highest BCUT2D eigenvalue weighted by atomic mass is 16.4. The molecule has 2 rings (SSSR count). The Balaban J connectivity index is 2.24. The molecule has 0 atom stereocenters. The predicted octanol–water partition coefficient (Wildman–Crippen LogP) is -0.0287. The summed E-state index contributed by atoms with van der Waals surface area (Å²) in [6.07, 6.45) is 4.04. The second-order valence-corrected chi connectivity index (χ2v) is 2.93. The normalized spacial score (nSPS) is 10.7. The van der Waals surface area contributed by atoms with E-state index < -0.39 is 0 Å². The Morgan fingerprint density at radius 2 is 2.43 bits per heavy atom. The predicted molar refractivity (Wildman–Crippen MR) is 49.3 cm³/mol. The molecule has 14 heavy (non-hydrogen) atoms. The van der Waals surface area contributed by atoms with E-state index in [-0.39, 0.29) is 0 Å². The van der Waals surface area contributed by atoms with Gasteiger partial charge in [-0.2, -0.15) is 0 Å². The van der Waals surface area contributed by atoms with Crippen LogP contribution in [0.5, 0.6) is 0 Å². The average Bonchev–Trinajstić information content (AvgIpc) is 2.74. The summed E-state index contributed by atoms with van der Waals surface area (Å²) in [6, 6.07) is 0. The quantitative estimate of drug-likeness (QED) is 0.740. The summed E-state index contributed by atoms with van der Waals surface area (Å²) < 4.78 is 7.03. The molecule has 0 bridgehead atoms. The van der Waals surface area contributed by atoms with Gasteiger partial charge in [0.1, 0.15) is 5.69 Å². The van der Waals surface area contributed by atoms with Crippen LogP contribution >= 0.6 is 0 Å². The van der Waals surface area contributed by atoms with Gasteiger partial charge in [-0.1, -0.05) is 5.21 Å². The van der Waals surface area contributed by atoms with Gasteiger partial charge in [0.25, 0.3) is 0 Å². The lowest BCUT2D eigenvalue weighted by Crippen LogP contribution is -2.02. The van der Waals surface area contributed by atoms with Crippen molar-refractivity contribution in [2.45, 2.75) is 6.42 Å². The SMILES string of the molecule is Cn1cc(-c2cnc(CCN)o2)nn1. The van der Waals surface area contributed by atoms with Gasteiger partial charge in [-0.05, 0) is 0 Å². The van der Waals surface area contributed by atoms with Crippen LogP contribution in [0.3, 0.4) is 0 Å². The maximum absolute atomic E-state index is 5.42. The van der Waals surface area contributed by atoms with Crippen molar-refractivity contribution in [1.82, 2.24) is 20.0 Å². The number of hydrogen-bond donors (Lipinski definition) is 1. The minimum absolute atomic E-state index is 0.528. The van der Waals surface area contributed by atoms with Crippen molar-refractivity contribution in [3.05, 3.63) is 18.3 Å². The lowest BCUT2D eigenvalue weighted by molar-refractivity contribution is 0.506. The molecular weight excluding hydrogens is 182 g/mol. The molecule has 2 aromatic heterocycles. The fraction of sp³-hybridized carbons (Fsp3) is 0.375. The fourth-order valence-corrected chi connectivity index (χ4v) is 1.13. The first-order valence-corrected chi connectivity index (χ1v) is 4.31. The van der Waals surface area contributed by atoms with Gasteiger partial charge in [0.2, 0.25) is 0 Å². The molecule has 0 saturated carbocycles. The van der Waals surface area contributed by atoms with E-state index in [1.54, 1.807) is 24.1 Å². The Labute approximate surface area is 80.7 Å². The van der Waals surface area contributed by atoms with Gasteiger partial charge in [0.15, 0.2) is 11.7 Å². The lowest BCUT2D eigenvalue weighted by atomic mass is 10.4. The van der Waals surface area contributed by atoms with Crippen LogP contribution in [0.2, 0.25) is 0 Å². The Hall–Kier alpha value is -1.69. The molecule has 0 aliphatic carbocycles. The molecular formula is C8H11N5O. The third-order valence-electron chi connectivity index (χ3n) is 1.77. The molecule has 0 aromatic carbocycles. The Bertz CT molecular complexity index is 419. The monoisotopic (exact) mass is 193 g/mol. The van der Waals surface area contributed by atoms with Crippen molar-refractivity contribution < 1.29 is 4.42 Å². The third kappa shape index (κ3) is 1.64. The number of hydrogen-bond acceptors (Lipinski definition) is 5. The summed E-state index contributed by atoms with van der Waals surface area (Å²) in [6.45, 7) is 0.528. The van der Waals surface area contributed by atoms with E-state index in [2.05, 4.69) is 15.3 Å². The zero-order valence-electron chi connectivity index (χ0n) is 7.84.